The molecule has 0 saturated carbocycles. The van der Waals surface area contributed by atoms with Gasteiger partial charge in [-0.3, -0.25) is 19.3 Å². The van der Waals surface area contributed by atoms with Crippen LogP contribution in [0.5, 0.6) is 0 Å². The topological polar surface area (TPSA) is 66.5 Å². The standard InChI is InChI=1S/C26H17FN2O3S/c27-18-8-5-9-19(13-18)28-24(30)15-29-25(31)23(33-26(29)32)14-22-20-10-3-1-6-16(20)12-17-7-2-4-11-21(17)22/h1-14H,15H2,(H,28,30)/b23-14+. The molecule has 5 rings (SSSR count). The van der Waals surface area contributed by atoms with Crippen LogP contribution in [0, 0.1) is 5.82 Å². The van der Waals surface area contributed by atoms with Gasteiger partial charge in [0.1, 0.15) is 12.4 Å². The van der Waals surface area contributed by atoms with E-state index in [1.807, 2.05) is 48.5 Å². The molecule has 3 amide bonds. The number of nitrogens with zero attached hydrogens (tertiary/aromatic N) is 1. The van der Waals surface area contributed by atoms with Gasteiger partial charge in [-0.1, -0.05) is 54.6 Å². The number of hydrogen-bond donors (Lipinski definition) is 1. The molecule has 0 radical (unpaired) electrons. The summed E-state index contributed by atoms with van der Waals surface area (Å²) in [5.41, 5.74) is 1.10. The van der Waals surface area contributed by atoms with Crippen LogP contribution in [0.1, 0.15) is 5.56 Å². The van der Waals surface area contributed by atoms with E-state index in [0.717, 1.165) is 49.8 Å². The van der Waals surface area contributed by atoms with Crippen molar-refractivity contribution in [2.45, 2.75) is 0 Å². The largest absolute Gasteiger partial charge is 0.324 e. The van der Waals surface area contributed by atoms with Crippen LogP contribution < -0.4 is 5.32 Å². The Balaban J connectivity index is 1.46. The molecule has 0 spiro atoms. The maximum absolute atomic E-state index is 13.3. The van der Waals surface area contributed by atoms with Crippen molar-refractivity contribution in [1.29, 1.82) is 0 Å². The first-order valence-electron chi connectivity index (χ1n) is 10.2. The average Bonchev–Trinajstić information content (AvgIpc) is 3.06. The molecule has 0 aromatic heterocycles. The Morgan fingerprint density at radius 1 is 0.909 bits per heavy atom. The van der Waals surface area contributed by atoms with E-state index < -0.39 is 29.4 Å². The van der Waals surface area contributed by atoms with Crippen LogP contribution in [0.4, 0.5) is 14.9 Å². The van der Waals surface area contributed by atoms with Crippen molar-refractivity contribution in [3.63, 3.8) is 0 Å². The summed E-state index contributed by atoms with van der Waals surface area (Å²) in [4.78, 5) is 39.1. The summed E-state index contributed by atoms with van der Waals surface area (Å²) in [5, 5.41) is 5.96. The molecular formula is C26H17FN2O3S. The highest BCUT2D eigenvalue weighted by molar-refractivity contribution is 8.18. The van der Waals surface area contributed by atoms with Crippen LogP contribution >= 0.6 is 11.8 Å². The summed E-state index contributed by atoms with van der Waals surface area (Å²) in [7, 11) is 0. The maximum atomic E-state index is 13.3. The van der Waals surface area contributed by atoms with E-state index in [4.69, 9.17) is 0 Å². The van der Waals surface area contributed by atoms with Gasteiger partial charge in [0.05, 0.1) is 4.91 Å². The van der Waals surface area contributed by atoms with Gasteiger partial charge >= 0.3 is 0 Å². The van der Waals surface area contributed by atoms with E-state index in [-0.39, 0.29) is 10.6 Å². The quantitative estimate of drug-likeness (QED) is 0.311. The highest BCUT2D eigenvalue weighted by atomic mass is 32.2. The molecule has 1 heterocycles. The molecule has 1 aliphatic rings. The van der Waals surface area contributed by atoms with E-state index in [1.54, 1.807) is 6.08 Å². The predicted octanol–water partition coefficient (Wildman–Crippen LogP) is 5.81. The van der Waals surface area contributed by atoms with E-state index in [9.17, 15) is 18.8 Å². The third kappa shape index (κ3) is 4.10. The second kappa shape index (κ2) is 8.52. The molecule has 0 unspecified atom stereocenters. The Morgan fingerprint density at radius 2 is 1.58 bits per heavy atom. The number of carbonyl (C=O) groups excluding carboxylic acids is 3. The van der Waals surface area contributed by atoms with Crippen LogP contribution in [-0.2, 0) is 9.59 Å². The van der Waals surface area contributed by atoms with E-state index in [1.165, 1.54) is 18.2 Å². The highest BCUT2D eigenvalue weighted by Crippen LogP contribution is 2.36. The molecule has 0 aliphatic carbocycles. The minimum Gasteiger partial charge on any atom is -0.324 e. The lowest BCUT2D eigenvalue weighted by Crippen LogP contribution is -2.36. The summed E-state index contributed by atoms with van der Waals surface area (Å²) in [6.07, 6.45) is 1.72. The van der Waals surface area contributed by atoms with Crippen LogP contribution in [0.15, 0.2) is 83.8 Å². The van der Waals surface area contributed by atoms with E-state index in [0.29, 0.717) is 0 Å². The number of benzene rings is 4. The van der Waals surface area contributed by atoms with Crippen LogP contribution in [0.3, 0.4) is 0 Å². The number of imide groups is 1. The van der Waals surface area contributed by atoms with Gasteiger partial charge < -0.3 is 5.32 Å². The third-order valence-electron chi connectivity index (χ3n) is 5.37. The van der Waals surface area contributed by atoms with Crippen LogP contribution in [0.25, 0.3) is 27.6 Å². The average molecular weight is 456 g/mol. The lowest BCUT2D eigenvalue weighted by atomic mass is 9.96. The second-order valence-corrected chi connectivity index (χ2v) is 8.55. The Bertz CT molecular complexity index is 1430. The molecule has 5 nitrogen and oxygen atoms in total. The molecule has 33 heavy (non-hydrogen) atoms. The molecule has 1 aliphatic heterocycles. The SMILES string of the molecule is O=C(CN1C(=O)S/C(=C/c2c3ccccc3cc3ccccc23)C1=O)Nc1cccc(F)c1. The summed E-state index contributed by atoms with van der Waals surface area (Å²) in [5.74, 6) is -1.61. The Labute approximate surface area is 192 Å². The third-order valence-corrected chi connectivity index (χ3v) is 6.28. The normalized spacial score (nSPS) is 15.1. The molecule has 4 aromatic carbocycles. The Morgan fingerprint density at radius 3 is 2.24 bits per heavy atom. The van der Waals surface area contributed by atoms with Gasteiger partial charge in [0.25, 0.3) is 11.1 Å². The number of hydrogen-bond acceptors (Lipinski definition) is 4. The Hall–Kier alpha value is -3.97. The van der Waals surface area contributed by atoms with Crippen molar-refractivity contribution in [2.24, 2.45) is 0 Å². The van der Waals surface area contributed by atoms with Gasteiger partial charge in [0.2, 0.25) is 5.91 Å². The van der Waals surface area contributed by atoms with Gasteiger partial charge in [0, 0.05) is 5.69 Å². The molecule has 1 fully saturated rings. The smallest absolute Gasteiger partial charge is 0.294 e. The lowest BCUT2D eigenvalue weighted by molar-refractivity contribution is -0.127. The van der Waals surface area contributed by atoms with Crippen LogP contribution in [-0.4, -0.2) is 28.5 Å². The molecule has 1 N–H and O–H groups in total. The van der Waals surface area contributed by atoms with Gasteiger partial charge in [-0.15, -0.1) is 0 Å². The van der Waals surface area contributed by atoms with Crippen molar-refractivity contribution in [3.05, 3.63) is 95.1 Å². The number of fused-ring (bicyclic) bond motifs is 2. The summed E-state index contributed by atoms with van der Waals surface area (Å²) in [6, 6.07) is 23.2. The number of carbonyl (C=O) groups is 3. The molecule has 1 saturated heterocycles. The number of rotatable bonds is 4. The minimum absolute atomic E-state index is 0.250. The highest BCUT2D eigenvalue weighted by Gasteiger charge is 2.36. The zero-order chi connectivity index (χ0) is 22.9. The van der Waals surface area contributed by atoms with Gasteiger partial charge in [-0.25, -0.2) is 4.39 Å². The summed E-state index contributed by atoms with van der Waals surface area (Å²) < 4.78 is 13.3. The number of amides is 3. The number of anilines is 1. The number of thioether (sulfide) groups is 1. The molecule has 4 aromatic rings. The minimum atomic E-state index is -0.584. The number of halogens is 1. The number of nitrogens with one attached hydrogen (secondary N) is 1. The van der Waals surface area contributed by atoms with Gasteiger partial charge in [-0.05, 0) is 69.2 Å². The molecule has 7 heteroatoms. The fourth-order valence-corrected chi connectivity index (χ4v) is 4.70. The molecule has 0 bridgehead atoms. The first-order chi connectivity index (χ1) is 16.0. The van der Waals surface area contributed by atoms with Crippen LogP contribution in [0.2, 0.25) is 0 Å². The van der Waals surface area contributed by atoms with Crippen molar-refractivity contribution in [1.82, 2.24) is 4.90 Å². The molecular weight excluding hydrogens is 439 g/mol. The zero-order valence-corrected chi connectivity index (χ0v) is 18.1. The summed E-state index contributed by atoms with van der Waals surface area (Å²) >= 11 is 0.803. The first-order valence-corrected chi connectivity index (χ1v) is 11.0. The predicted molar refractivity (Wildman–Crippen MR) is 129 cm³/mol. The van der Waals surface area contributed by atoms with Crippen molar-refractivity contribution < 1.29 is 18.8 Å². The fraction of sp³-hybridized carbons (Fsp3) is 0.0385. The van der Waals surface area contributed by atoms with Gasteiger partial charge in [-0.2, -0.15) is 0 Å². The zero-order valence-electron chi connectivity index (χ0n) is 17.2. The molecule has 162 valence electrons. The Kier molecular flexibility index (Phi) is 5.40. The van der Waals surface area contributed by atoms with Gasteiger partial charge in [0.15, 0.2) is 0 Å². The second-order valence-electron chi connectivity index (χ2n) is 7.56. The monoisotopic (exact) mass is 456 g/mol. The molecule has 0 atom stereocenters. The lowest BCUT2D eigenvalue weighted by Gasteiger charge is -2.12. The van der Waals surface area contributed by atoms with E-state index >= 15 is 0 Å². The van der Waals surface area contributed by atoms with E-state index in [2.05, 4.69) is 11.4 Å². The van der Waals surface area contributed by atoms with Crippen molar-refractivity contribution >= 4 is 62.1 Å². The fourth-order valence-electron chi connectivity index (χ4n) is 3.88. The van der Waals surface area contributed by atoms with Crippen molar-refractivity contribution in [2.75, 3.05) is 11.9 Å². The first kappa shape index (κ1) is 20.9. The maximum Gasteiger partial charge on any atom is 0.294 e. The summed E-state index contributed by atoms with van der Waals surface area (Å²) in [6.45, 7) is -0.450. The van der Waals surface area contributed by atoms with Crippen molar-refractivity contribution in [3.8, 4) is 0 Å².